The molecule has 1 amide bonds. The largest absolute Gasteiger partial charge is 0.477 e. The van der Waals surface area contributed by atoms with E-state index in [0.717, 1.165) is 37.0 Å². The fourth-order valence-corrected chi connectivity index (χ4v) is 3.38. The van der Waals surface area contributed by atoms with Crippen molar-refractivity contribution in [1.82, 2.24) is 10.3 Å². The van der Waals surface area contributed by atoms with Crippen molar-refractivity contribution in [1.29, 1.82) is 0 Å². The lowest BCUT2D eigenvalue weighted by Crippen LogP contribution is -2.41. The van der Waals surface area contributed by atoms with Gasteiger partial charge in [0.05, 0.1) is 12.2 Å². The van der Waals surface area contributed by atoms with Gasteiger partial charge in [-0.25, -0.2) is 9.78 Å². The summed E-state index contributed by atoms with van der Waals surface area (Å²) < 4.78 is 0. The lowest BCUT2D eigenvalue weighted by molar-refractivity contribution is -0.122. The molecule has 0 aliphatic heterocycles. The zero-order chi connectivity index (χ0) is 14.8. The van der Waals surface area contributed by atoms with Crippen LogP contribution >= 0.6 is 11.3 Å². The Kier molecular flexibility index (Phi) is 4.39. The van der Waals surface area contributed by atoms with Crippen molar-refractivity contribution in [2.75, 3.05) is 0 Å². The quantitative estimate of drug-likeness (QED) is 0.762. The molecule has 1 aromatic rings. The summed E-state index contributed by atoms with van der Waals surface area (Å²) in [7, 11) is 0. The minimum atomic E-state index is -0.982. The van der Waals surface area contributed by atoms with E-state index in [1.54, 1.807) is 6.92 Å². The van der Waals surface area contributed by atoms with Crippen LogP contribution in [0.3, 0.4) is 0 Å². The Hall–Kier alpha value is -1.47. The van der Waals surface area contributed by atoms with Crippen LogP contribution in [0.5, 0.6) is 0 Å². The summed E-state index contributed by atoms with van der Waals surface area (Å²) in [4.78, 5) is 27.2. The van der Waals surface area contributed by atoms with Crippen molar-refractivity contribution in [2.45, 2.75) is 51.1 Å². The molecule has 0 unspecified atom stereocenters. The van der Waals surface area contributed by atoms with E-state index in [4.69, 9.17) is 10.8 Å². The van der Waals surface area contributed by atoms with E-state index >= 15 is 0 Å². The van der Waals surface area contributed by atoms with E-state index in [1.807, 2.05) is 0 Å². The lowest BCUT2D eigenvalue weighted by Gasteiger charge is -2.22. The Morgan fingerprint density at radius 1 is 1.45 bits per heavy atom. The van der Waals surface area contributed by atoms with Crippen molar-refractivity contribution in [3.63, 3.8) is 0 Å². The summed E-state index contributed by atoms with van der Waals surface area (Å²) in [5, 5.41) is 12.3. The number of hydrogen-bond donors (Lipinski definition) is 3. The Bertz CT molecular complexity index is 521. The first kappa shape index (κ1) is 14.9. The van der Waals surface area contributed by atoms with E-state index in [9.17, 15) is 9.59 Å². The van der Waals surface area contributed by atoms with Crippen molar-refractivity contribution < 1.29 is 14.7 Å². The molecule has 0 radical (unpaired) electrons. The second-order valence-electron chi connectivity index (χ2n) is 5.35. The lowest BCUT2D eigenvalue weighted by atomic mass is 9.94. The number of rotatable bonds is 5. The van der Waals surface area contributed by atoms with Gasteiger partial charge in [-0.2, -0.15) is 0 Å². The molecule has 7 heteroatoms. The molecule has 0 spiro atoms. The predicted molar refractivity (Wildman–Crippen MR) is 75.7 cm³/mol. The first-order valence-corrected chi connectivity index (χ1v) is 7.46. The normalized spacial score (nSPS) is 17.1. The number of carbonyl (C=O) groups excluding carboxylic acids is 1. The Morgan fingerprint density at radius 3 is 2.65 bits per heavy atom. The molecule has 1 heterocycles. The first-order chi connectivity index (χ1) is 9.39. The van der Waals surface area contributed by atoms with Crippen molar-refractivity contribution in [3.8, 4) is 0 Å². The van der Waals surface area contributed by atoms with Gasteiger partial charge in [0.1, 0.15) is 9.88 Å². The summed E-state index contributed by atoms with van der Waals surface area (Å²) in [6, 6.07) is 0. The molecule has 0 aromatic carbocycles. The van der Waals surface area contributed by atoms with E-state index in [2.05, 4.69) is 10.3 Å². The van der Waals surface area contributed by atoms with Crippen LogP contribution in [-0.2, 0) is 11.3 Å². The van der Waals surface area contributed by atoms with Gasteiger partial charge >= 0.3 is 5.97 Å². The highest BCUT2D eigenvalue weighted by Gasteiger charge is 2.31. The predicted octanol–water partition coefficient (Wildman–Crippen LogP) is 1.43. The number of aryl methyl sites for hydroxylation is 1. The van der Waals surface area contributed by atoms with Crippen molar-refractivity contribution in [3.05, 3.63) is 15.6 Å². The van der Waals surface area contributed by atoms with E-state index < -0.39 is 5.97 Å². The third-order valence-corrected chi connectivity index (χ3v) is 4.73. The highest BCUT2D eigenvalue weighted by molar-refractivity contribution is 7.13. The monoisotopic (exact) mass is 297 g/mol. The fourth-order valence-electron chi connectivity index (χ4n) is 2.54. The van der Waals surface area contributed by atoms with E-state index in [-0.39, 0.29) is 22.9 Å². The van der Waals surface area contributed by atoms with Gasteiger partial charge < -0.3 is 16.2 Å². The summed E-state index contributed by atoms with van der Waals surface area (Å²) in [5.74, 6) is -1.08. The minimum Gasteiger partial charge on any atom is -0.477 e. The SMILES string of the molecule is Cc1nc(CNC(=O)CC2(N)CCCC2)sc1C(=O)O. The van der Waals surface area contributed by atoms with E-state index in [0.29, 0.717) is 17.1 Å². The summed E-state index contributed by atoms with van der Waals surface area (Å²) >= 11 is 1.09. The molecule has 6 nitrogen and oxygen atoms in total. The fraction of sp³-hybridized carbons (Fsp3) is 0.615. The van der Waals surface area contributed by atoms with Gasteiger partial charge in [-0.1, -0.05) is 12.8 Å². The van der Waals surface area contributed by atoms with Crippen LogP contribution < -0.4 is 11.1 Å². The standard InChI is InChI=1S/C13H19N3O3S/c1-8-11(12(18)19)20-10(16-8)7-15-9(17)6-13(14)4-2-3-5-13/h2-7,14H2,1H3,(H,15,17)(H,18,19). The van der Waals surface area contributed by atoms with Crippen LogP contribution in [-0.4, -0.2) is 27.5 Å². The molecule has 0 atom stereocenters. The van der Waals surface area contributed by atoms with Crippen molar-refractivity contribution >= 4 is 23.2 Å². The number of hydrogen-bond acceptors (Lipinski definition) is 5. The maximum atomic E-state index is 11.9. The number of thiazole rings is 1. The molecule has 1 saturated carbocycles. The molecule has 20 heavy (non-hydrogen) atoms. The number of amides is 1. The maximum Gasteiger partial charge on any atom is 0.347 e. The Labute approximate surface area is 121 Å². The third-order valence-electron chi connectivity index (χ3n) is 3.58. The molecule has 4 N–H and O–H groups in total. The van der Waals surface area contributed by atoms with Crippen LogP contribution in [0.25, 0.3) is 0 Å². The summed E-state index contributed by atoms with van der Waals surface area (Å²) in [5.41, 5.74) is 6.26. The van der Waals surface area contributed by atoms with Crippen LogP contribution in [0.1, 0.15) is 52.5 Å². The molecular formula is C13H19N3O3S. The number of carboxylic acids is 1. The second-order valence-corrected chi connectivity index (χ2v) is 6.43. The highest BCUT2D eigenvalue weighted by atomic mass is 32.1. The zero-order valence-corrected chi connectivity index (χ0v) is 12.3. The number of nitrogens with one attached hydrogen (secondary N) is 1. The molecule has 0 bridgehead atoms. The molecule has 1 aliphatic carbocycles. The smallest absolute Gasteiger partial charge is 0.347 e. The zero-order valence-electron chi connectivity index (χ0n) is 11.4. The Balaban J connectivity index is 1.87. The van der Waals surface area contributed by atoms with Crippen LogP contribution in [0.4, 0.5) is 0 Å². The number of carboxylic acid groups (broad SMARTS) is 1. The van der Waals surface area contributed by atoms with Crippen LogP contribution in [0.2, 0.25) is 0 Å². The topological polar surface area (TPSA) is 105 Å². The number of aromatic nitrogens is 1. The first-order valence-electron chi connectivity index (χ1n) is 6.65. The number of carbonyl (C=O) groups is 2. The maximum absolute atomic E-state index is 11.9. The Morgan fingerprint density at radius 2 is 2.10 bits per heavy atom. The minimum absolute atomic E-state index is 0.0980. The molecule has 2 rings (SSSR count). The van der Waals surface area contributed by atoms with Crippen LogP contribution in [0, 0.1) is 6.92 Å². The summed E-state index contributed by atoms with van der Waals surface area (Å²) in [6.07, 6.45) is 4.26. The van der Waals surface area contributed by atoms with Gasteiger partial charge in [0, 0.05) is 12.0 Å². The molecule has 0 saturated heterocycles. The van der Waals surface area contributed by atoms with Gasteiger partial charge in [0.25, 0.3) is 0 Å². The molecular weight excluding hydrogens is 278 g/mol. The second kappa shape index (κ2) is 5.88. The number of nitrogens with two attached hydrogens (primary N) is 1. The third kappa shape index (κ3) is 3.55. The average molecular weight is 297 g/mol. The number of nitrogens with zero attached hydrogens (tertiary/aromatic N) is 1. The van der Waals surface area contributed by atoms with Gasteiger partial charge in [-0.05, 0) is 19.8 Å². The summed E-state index contributed by atoms with van der Waals surface area (Å²) in [6.45, 7) is 1.91. The molecule has 110 valence electrons. The average Bonchev–Trinajstić information content (AvgIpc) is 2.93. The molecule has 1 fully saturated rings. The van der Waals surface area contributed by atoms with Gasteiger partial charge in [-0.3, -0.25) is 4.79 Å². The van der Waals surface area contributed by atoms with Gasteiger partial charge in [0.15, 0.2) is 0 Å². The van der Waals surface area contributed by atoms with E-state index in [1.165, 1.54) is 0 Å². The van der Waals surface area contributed by atoms with Crippen LogP contribution in [0.15, 0.2) is 0 Å². The molecule has 1 aliphatic rings. The van der Waals surface area contributed by atoms with Gasteiger partial charge in [-0.15, -0.1) is 11.3 Å². The molecule has 1 aromatic heterocycles. The van der Waals surface area contributed by atoms with Crippen molar-refractivity contribution in [2.24, 2.45) is 5.73 Å². The number of aromatic carboxylic acids is 1. The highest BCUT2D eigenvalue weighted by Crippen LogP contribution is 2.29. The van der Waals surface area contributed by atoms with Gasteiger partial charge in [0.2, 0.25) is 5.91 Å².